The van der Waals surface area contributed by atoms with Crippen LogP contribution in [0.1, 0.15) is 40.0 Å². The van der Waals surface area contributed by atoms with Crippen LogP contribution in [0, 0.1) is 16.7 Å². The summed E-state index contributed by atoms with van der Waals surface area (Å²) in [6.07, 6.45) is 4.64. The predicted octanol–water partition coefficient (Wildman–Crippen LogP) is 2.06. The first-order chi connectivity index (χ1) is 7.39. The summed E-state index contributed by atoms with van der Waals surface area (Å²) < 4.78 is 11.1. The van der Waals surface area contributed by atoms with Crippen molar-refractivity contribution < 1.29 is 4.21 Å². The second-order valence-corrected chi connectivity index (χ2v) is 6.75. The molecule has 0 radical (unpaired) electrons. The minimum atomic E-state index is -0.716. The second kappa shape index (κ2) is 7.81. The second-order valence-electron chi connectivity index (χ2n) is 4.95. The molecule has 0 aliphatic carbocycles. The molecule has 0 bridgehead atoms. The van der Waals surface area contributed by atoms with E-state index >= 15 is 0 Å². The summed E-state index contributed by atoms with van der Waals surface area (Å²) in [4.78, 5) is 0. The molecule has 3 nitrogen and oxygen atoms in total. The number of hydrogen-bond acceptors (Lipinski definition) is 3. The number of nitrogens with one attached hydrogen (secondary N) is 1. The van der Waals surface area contributed by atoms with Gasteiger partial charge in [0, 0.05) is 22.3 Å². The largest absolute Gasteiger partial charge is 0.317 e. The predicted molar refractivity (Wildman–Crippen MR) is 69.6 cm³/mol. The van der Waals surface area contributed by atoms with E-state index in [0.717, 1.165) is 32.4 Å². The Morgan fingerprint density at radius 2 is 2.06 bits per heavy atom. The quantitative estimate of drug-likeness (QED) is 0.665. The first-order valence-electron chi connectivity index (χ1n) is 5.83. The van der Waals surface area contributed by atoms with Gasteiger partial charge in [-0.3, -0.25) is 4.21 Å². The molecule has 0 aliphatic rings. The van der Waals surface area contributed by atoms with Crippen LogP contribution in [0.5, 0.6) is 0 Å². The lowest BCUT2D eigenvalue weighted by Gasteiger charge is -2.15. The van der Waals surface area contributed by atoms with Crippen molar-refractivity contribution in [2.45, 2.75) is 45.3 Å². The molecule has 16 heavy (non-hydrogen) atoms. The van der Waals surface area contributed by atoms with Gasteiger partial charge in [0.2, 0.25) is 0 Å². The van der Waals surface area contributed by atoms with E-state index in [1.807, 2.05) is 20.8 Å². The monoisotopic (exact) mass is 244 g/mol. The van der Waals surface area contributed by atoms with Gasteiger partial charge < -0.3 is 5.32 Å². The Kier molecular flexibility index (Phi) is 7.61. The van der Waals surface area contributed by atoms with Gasteiger partial charge in [-0.25, -0.2) is 0 Å². The van der Waals surface area contributed by atoms with Crippen molar-refractivity contribution in [3.63, 3.8) is 0 Å². The standard InChI is InChI=1S/C12H24N2OS/c1-11(16(4)15)6-9-14-8-5-7-12(2,3)10-13/h11,14H,5-9H2,1-4H3. The molecule has 0 amide bonds. The van der Waals surface area contributed by atoms with Crippen LogP contribution in [0.15, 0.2) is 0 Å². The highest BCUT2D eigenvalue weighted by Crippen LogP contribution is 2.19. The zero-order valence-corrected chi connectivity index (χ0v) is 11.7. The minimum Gasteiger partial charge on any atom is -0.317 e. The first kappa shape index (κ1) is 15.6. The molecule has 2 atom stereocenters. The van der Waals surface area contributed by atoms with Crippen LogP contribution in [-0.2, 0) is 10.8 Å². The fraction of sp³-hybridized carbons (Fsp3) is 0.917. The Hall–Kier alpha value is -0.400. The molecule has 0 aliphatic heterocycles. The van der Waals surface area contributed by atoms with E-state index in [-0.39, 0.29) is 10.7 Å². The lowest BCUT2D eigenvalue weighted by molar-refractivity contribution is 0.425. The summed E-state index contributed by atoms with van der Waals surface area (Å²) in [6.45, 7) is 7.79. The van der Waals surface area contributed by atoms with E-state index in [0.29, 0.717) is 0 Å². The number of hydrogen-bond donors (Lipinski definition) is 1. The molecule has 0 fully saturated rings. The zero-order valence-electron chi connectivity index (χ0n) is 10.9. The van der Waals surface area contributed by atoms with E-state index in [2.05, 4.69) is 11.4 Å². The number of rotatable bonds is 8. The van der Waals surface area contributed by atoms with Gasteiger partial charge in [-0.2, -0.15) is 5.26 Å². The maximum atomic E-state index is 11.1. The number of nitrogens with zero attached hydrogens (tertiary/aromatic N) is 1. The van der Waals surface area contributed by atoms with Crippen molar-refractivity contribution >= 4 is 10.8 Å². The van der Waals surface area contributed by atoms with Crippen molar-refractivity contribution in [1.29, 1.82) is 5.26 Å². The SMILES string of the molecule is CC(CCNCCCC(C)(C)C#N)S(C)=O. The maximum Gasteiger partial charge on any atom is 0.0683 e. The Bertz CT molecular complexity index is 258. The van der Waals surface area contributed by atoms with Crippen molar-refractivity contribution in [2.24, 2.45) is 5.41 Å². The summed E-state index contributed by atoms with van der Waals surface area (Å²) >= 11 is 0. The average molecular weight is 244 g/mol. The van der Waals surface area contributed by atoms with Crippen molar-refractivity contribution in [3.05, 3.63) is 0 Å². The van der Waals surface area contributed by atoms with Crippen LogP contribution in [0.25, 0.3) is 0 Å². The van der Waals surface area contributed by atoms with Gasteiger partial charge in [-0.15, -0.1) is 0 Å². The summed E-state index contributed by atoms with van der Waals surface area (Å²) in [5.41, 5.74) is -0.208. The lowest BCUT2D eigenvalue weighted by atomic mass is 9.90. The molecule has 4 heteroatoms. The lowest BCUT2D eigenvalue weighted by Crippen LogP contribution is -2.23. The Morgan fingerprint density at radius 3 is 2.56 bits per heavy atom. The van der Waals surface area contributed by atoms with Crippen molar-refractivity contribution in [1.82, 2.24) is 5.32 Å². The third kappa shape index (κ3) is 7.84. The van der Waals surface area contributed by atoms with E-state index in [1.54, 1.807) is 6.26 Å². The highest BCUT2D eigenvalue weighted by Gasteiger charge is 2.15. The molecule has 0 heterocycles. The molecule has 0 saturated carbocycles. The Balaban J connectivity index is 3.42. The smallest absolute Gasteiger partial charge is 0.0683 e. The molecule has 0 aromatic rings. The molecule has 0 spiro atoms. The van der Waals surface area contributed by atoms with Crippen LogP contribution >= 0.6 is 0 Å². The maximum absolute atomic E-state index is 11.1. The summed E-state index contributed by atoms with van der Waals surface area (Å²) in [5.74, 6) is 0. The zero-order chi connectivity index (χ0) is 12.6. The topological polar surface area (TPSA) is 52.9 Å². The molecule has 0 aromatic carbocycles. The fourth-order valence-corrected chi connectivity index (χ4v) is 1.76. The molecule has 0 rings (SSSR count). The van der Waals surface area contributed by atoms with Crippen LogP contribution in [0.4, 0.5) is 0 Å². The van der Waals surface area contributed by atoms with E-state index in [1.165, 1.54) is 0 Å². The van der Waals surface area contributed by atoms with Gasteiger partial charge in [0.1, 0.15) is 0 Å². The Labute approximate surface area is 102 Å². The van der Waals surface area contributed by atoms with Gasteiger partial charge in [0.25, 0.3) is 0 Å². The average Bonchev–Trinajstić information content (AvgIpc) is 2.22. The summed E-state index contributed by atoms with van der Waals surface area (Å²) in [6, 6.07) is 2.30. The van der Waals surface area contributed by atoms with Crippen molar-refractivity contribution in [2.75, 3.05) is 19.3 Å². The molecule has 94 valence electrons. The number of nitriles is 1. The summed E-state index contributed by atoms with van der Waals surface area (Å²) in [7, 11) is -0.716. The summed E-state index contributed by atoms with van der Waals surface area (Å²) in [5, 5.41) is 12.4. The van der Waals surface area contributed by atoms with Crippen LogP contribution < -0.4 is 5.32 Å². The van der Waals surface area contributed by atoms with Crippen LogP contribution in [-0.4, -0.2) is 28.8 Å². The Morgan fingerprint density at radius 1 is 1.44 bits per heavy atom. The van der Waals surface area contributed by atoms with Crippen LogP contribution in [0.3, 0.4) is 0 Å². The van der Waals surface area contributed by atoms with Gasteiger partial charge in [-0.05, 0) is 46.2 Å². The fourth-order valence-electron chi connectivity index (χ4n) is 1.31. The third-order valence-electron chi connectivity index (χ3n) is 2.75. The van der Waals surface area contributed by atoms with E-state index < -0.39 is 10.8 Å². The van der Waals surface area contributed by atoms with E-state index in [9.17, 15) is 4.21 Å². The van der Waals surface area contributed by atoms with Gasteiger partial charge >= 0.3 is 0 Å². The van der Waals surface area contributed by atoms with Gasteiger partial charge in [0.05, 0.1) is 11.5 Å². The highest BCUT2D eigenvalue weighted by molar-refractivity contribution is 7.84. The van der Waals surface area contributed by atoms with Gasteiger partial charge in [-0.1, -0.05) is 6.92 Å². The van der Waals surface area contributed by atoms with Gasteiger partial charge in [0.15, 0.2) is 0 Å². The normalized spacial score (nSPS) is 15.4. The molecule has 0 aromatic heterocycles. The van der Waals surface area contributed by atoms with Crippen molar-refractivity contribution in [3.8, 4) is 6.07 Å². The molecule has 0 saturated heterocycles. The first-order valence-corrected chi connectivity index (χ1v) is 7.45. The third-order valence-corrected chi connectivity index (χ3v) is 4.12. The van der Waals surface area contributed by atoms with E-state index in [4.69, 9.17) is 5.26 Å². The molecular formula is C12H24N2OS. The molecule has 2 unspecified atom stereocenters. The minimum absolute atomic E-state index is 0.208. The molecular weight excluding hydrogens is 220 g/mol. The van der Waals surface area contributed by atoms with Crippen LogP contribution in [0.2, 0.25) is 0 Å². The highest BCUT2D eigenvalue weighted by atomic mass is 32.2. The molecule has 1 N–H and O–H groups in total.